The Morgan fingerprint density at radius 3 is 2.84 bits per heavy atom. The van der Waals surface area contributed by atoms with E-state index in [2.05, 4.69) is 27.5 Å². The molecule has 3 nitrogen and oxygen atoms in total. The molecule has 2 N–H and O–H groups in total. The molecule has 0 saturated carbocycles. The van der Waals surface area contributed by atoms with Gasteiger partial charge in [-0.25, -0.2) is 9.37 Å². The predicted molar refractivity (Wildman–Crippen MR) is 79.3 cm³/mol. The number of allylic oxidation sites excluding steroid dienone is 1. The van der Waals surface area contributed by atoms with E-state index < -0.39 is 0 Å². The summed E-state index contributed by atoms with van der Waals surface area (Å²) in [5.74, 6) is 1.09. The van der Waals surface area contributed by atoms with Gasteiger partial charge in [-0.15, -0.1) is 6.58 Å². The van der Waals surface area contributed by atoms with E-state index in [0.29, 0.717) is 28.1 Å². The first-order valence-electron chi connectivity index (χ1n) is 5.99. The molecule has 0 amide bonds. The standard InChI is InChI=1S/C14H15BrFN3/c1-3-7-19-12(4-2)18-13(14(19)17)9-5-6-10(15)11(16)8-9/h3,5-6,8H,1,4,7,17H2,2H3. The molecule has 0 bridgehead atoms. The Balaban J connectivity index is 2.55. The van der Waals surface area contributed by atoms with E-state index in [1.54, 1.807) is 18.2 Å². The number of halogens is 2. The van der Waals surface area contributed by atoms with Crippen molar-refractivity contribution in [3.63, 3.8) is 0 Å². The van der Waals surface area contributed by atoms with E-state index in [9.17, 15) is 4.39 Å². The third-order valence-corrected chi connectivity index (χ3v) is 3.55. The fraction of sp³-hybridized carbons (Fsp3) is 0.214. The lowest BCUT2D eigenvalue weighted by atomic mass is 10.1. The minimum absolute atomic E-state index is 0.326. The Labute approximate surface area is 120 Å². The van der Waals surface area contributed by atoms with E-state index in [1.165, 1.54) is 6.07 Å². The number of nitrogen functional groups attached to an aromatic ring is 1. The Kier molecular flexibility index (Phi) is 4.04. The molecule has 0 saturated heterocycles. The van der Waals surface area contributed by atoms with Gasteiger partial charge in [0.05, 0.1) is 4.47 Å². The number of nitrogens with zero attached hydrogens (tertiary/aromatic N) is 2. The fourth-order valence-electron chi connectivity index (χ4n) is 1.97. The molecule has 0 unspecified atom stereocenters. The number of nitrogens with two attached hydrogens (primary N) is 1. The van der Waals surface area contributed by atoms with Crippen LogP contribution in [0.2, 0.25) is 0 Å². The van der Waals surface area contributed by atoms with Crippen molar-refractivity contribution in [2.75, 3.05) is 5.73 Å². The minimum Gasteiger partial charge on any atom is -0.383 e. The lowest BCUT2D eigenvalue weighted by Gasteiger charge is -2.05. The van der Waals surface area contributed by atoms with Crippen LogP contribution in [0.4, 0.5) is 10.2 Å². The summed E-state index contributed by atoms with van der Waals surface area (Å²) in [7, 11) is 0. The van der Waals surface area contributed by atoms with Crippen LogP contribution >= 0.6 is 15.9 Å². The molecular formula is C14H15BrFN3. The molecular weight excluding hydrogens is 309 g/mol. The van der Waals surface area contributed by atoms with Gasteiger partial charge in [-0.3, -0.25) is 0 Å². The molecule has 2 rings (SSSR count). The number of anilines is 1. The first-order chi connectivity index (χ1) is 9.08. The Hall–Kier alpha value is -1.62. The number of aryl methyl sites for hydroxylation is 1. The fourth-order valence-corrected chi connectivity index (χ4v) is 2.22. The lowest BCUT2D eigenvalue weighted by Crippen LogP contribution is -2.05. The summed E-state index contributed by atoms with van der Waals surface area (Å²) in [4.78, 5) is 4.50. The van der Waals surface area contributed by atoms with E-state index in [1.807, 2.05) is 11.5 Å². The van der Waals surface area contributed by atoms with Gasteiger partial charge in [-0.1, -0.05) is 19.1 Å². The highest BCUT2D eigenvalue weighted by molar-refractivity contribution is 9.10. The summed E-state index contributed by atoms with van der Waals surface area (Å²) >= 11 is 3.13. The van der Waals surface area contributed by atoms with Crippen molar-refractivity contribution in [3.05, 3.63) is 47.0 Å². The first kappa shape index (κ1) is 13.8. The number of benzene rings is 1. The van der Waals surface area contributed by atoms with Crippen molar-refractivity contribution in [2.45, 2.75) is 19.9 Å². The number of hydrogen-bond donors (Lipinski definition) is 1. The molecule has 0 aliphatic carbocycles. The quantitative estimate of drug-likeness (QED) is 0.870. The van der Waals surface area contributed by atoms with Crippen molar-refractivity contribution in [2.24, 2.45) is 0 Å². The van der Waals surface area contributed by atoms with Crippen LogP contribution in [0.15, 0.2) is 35.3 Å². The molecule has 1 aromatic heterocycles. The molecule has 1 heterocycles. The van der Waals surface area contributed by atoms with Gasteiger partial charge in [0, 0.05) is 18.5 Å². The van der Waals surface area contributed by atoms with Crippen molar-refractivity contribution in [1.82, 2.24) is 9.55 Å². The number of hydrogen-bond acceptors (Lipinski definition) is 2. The zero-order valence-electron chi connectivity index (χ0n) is 10.7. The van der Waals surface area contributed by atoms with Gasteiger partial charge in [0.1, 0.15) is 23.2 Å². The van der Waals surface area contributed by atoms with Gasteiger partial charge in [0.15, 0.2) is 0 Å². The normalized spacial score (nSPS) is 10.7. The van der Waals surface area contributed by atoms with Crippen LogP contribution in [-0.2, 0) is 13.0 Å². The maximum atomic E-state index is 13.6. The maximum absolute atomic E-state index is 13.6. The lowest BCUT2D eigenvalue weighted by molar-refractivity contribution is 0.621. The predicted octanol–water partition coefficient (Wildman–Crippen LogP) is 3.78. The number of rotatable bonds is 4. The minimum atomic E-state index is -0.326. The Morgan fingerprint density at radius 1 is 1.53 bits per heavy atom. The maximum Gasteiger partial charge on any atom is 0.138 e. The molecule has 100 valence electrons. The number of aromatic nitrogens is 2. The van der Waals surface area contributed by atoms with E-state index in [-0.39, 0.29) is 5.82 Å². The van der Waals surface area contributed by atoms with Gasteiger partial charge >= 0.3 is 0 Å². The average Bonchev–Trinajstić information content (AvgIpc) is 2.71. The van der Waals surface area contributed by atoms with Gasteiger partial charge in [0.2, 0.25) is 0 Å². The second-order valence-corrected chi connectivity index (χ2v) is 5.00. The van der Waals surface area contributed by atoms with Gasteiger partial charge < -0.3 is 10.3 Å². The largest absolute Gasteiger partial charge is 0.383 e. The monoisotopic (exact) mass is 323 g/mol. The summed E-state index contributed by atoms with van der Waals surface area (Å²) < 4.78 is 15.9. The molecule has 0 radical (unpaired) electrons. The van der Waals surface area contributed by atoms with E-state index in [4.69, 9.17) is 5.73 Å². The van der Waals surface area contributed by atoms with Crippen LogP contribution in [0.3, 0.4) is 0 Å². The summed E-state index contributed by atoms with van der Waals surface area (Å²) in [6.07, 6.45) is 2.53. The van der Waals surface area contributed by atoms with Crippen molar-refractivity contribution < 1.29 is 4.39 Å². The molecule has 0 aliphatic rings. The third-order valence-electron chi connectivity index (χ3n) is 2.91. The van der Waals surface area contributed by atoms with Gasteiger partial charge in [-0.05, 0) is 28.1 Å². The van der Waals surface area contributed by atoms with Crippen molar-refractivity contribution in [3.8, 4) is 11.3 Å². The highest BCUT2D eigenvalue weighted by atomic mass is 79.9. The van der Waals surface area contributed by atoms with Crippen LogP contribution in [0.25, 0.3) is 11.3 Å². The Morgan fingerprint density at radius 2 is 2.26 bits per heavy atom. The SMILES string of the molecule is C=CCn1c(CC)nc(-c2ccc(Br)c(F)c2)c1N. The zero-order valence-corrected chi connectivity index (χ0v) is 12.2. The summed E-state index contributed by atoms with van der Waals surface area (Å²) in [5.41, 5.74) is 7.40. The molecule has 0 fully saturated rings. The van der Waals surface area contributed by atoms with Crippen molar-refractivity contribution >= 4 is 21.7 Å². The summed E-state index contributed by atoms with van der Waals surface area (Å²) in [6.45, 7) is 6.32. The molecule has 0 aliphatic heterocycles. The Bertz CT molecular complexity index is 619. The molecule has 1 aromatic carbocycles. The highest BCUT2D eigenvalue weighted by Gasteiger charge is 2.15. The summed E-state index contributed by atoms with van der Waals surface area (Å²) in [5, 5.41) is 0. The molecule has 0 spiro atoms. The van der Waals surface area contributed by atoms with Gasteiger partial charge in [-0.2, -0.15) is 0 Å². The highest BCUT2D eigenvalue weighted by Crippen LogP contribution is 2.29. The molecule has 5 heteroatoms. The number of imidazole rings is 1. The average molecular weight is 324 g/mol. The zero-order chi connectivity index (χ0) is 14.0. The van der Waals surface area contributed by atoms with Gasteiger partial charge in [0.25, 0.3) is 0 Å². The summed E-state index contributed by atoms with van der Waals surface area (Å²) in [6, 6.07) is 4.88. The molecule has 0 atom stereocenters. The molecule has 19 heavy (non-hydrogen) atoms. The smallest absolute Gasteiger partial charge is 0.138 e. The van der Waals surface area contributed by atoms with Crippen LogP contribution in [-0.4, -0.2) is 9.55 Å². The second kappa shape index (κ2) is 5.57. The second-order valence-electron chi connectivity index (χ2n) is 4.14. The van der Waals surface area contributed by atoms with Crippen LogP contribution in [0.1, 0.15) is 12.7 Å². The first-order valence-corrected chi connectivity index (χ1v) is 6.79. The van der Waals surface area contributed by atoms with Crippen LogP contribution < -0.4 is 5.73 Å². The van der Waals surface area contributed by atoms with Crippen LogP contribution in [0, 0.1) is 5.82 Å². The van der Waals surface area contributed by atoms with Crippen LogP contribution in [0.5, 0.6) is 0 Å². The van der Waals surface area contributed by atoms with Crippen molar-refractivity contribution in [1.29, 1.82) is 0 Å². The van der Waals surface area contributed by atoms with E-state index >= 15 is 0 Å². The molecule has 2 aromatic rings. The van der Waals surface area contributed by atoms with E-state index in [0.717, 1.165) is 12.2 Å². The third kappa shape index (κ3) is 2.56. The topological polar surface area (TPSA) is 43.8 Å².